The van der Waals surface area contributed by atoms with Crippen molar-refractivity contribution in [1.29, 1.82) is 0 Å². The molecule has 0 aromatic heterocycles. The summed E-state index contributed by atoms with van der Waals surface area (Å²) < 4.78 is 0. The monoisotopic (exact) mass is 248 g/mol. The summed E-state index contributed by atoms with van der Waals surface area (Å²) in [6.07, 6.45) is 3.76. The highest BCUT2D eigenvalue weighted by Crippen LogP contribution is 2.38. The third kappa shape index (κ3) is 1.28. The summed E-state index contributed by atoms with van der Waals surface area (Å²) in [5, 5.41) is 7.79. The molecule has 0 saturated carbocycles. The van der Waals surface area contributed by atoms with Crippen LogP contribution in [-0.2, 0) is 0 Å². The second kappa shape index (κ2) is 3.45. The fraction of sp³-hybridized carbons (Fsp3) is 0.0667. The molecule has 0 amide bonds. The highest BCUT2D eigenvalue weighted by molar-refractivity contribution is 6.28. The van der Waals surface area contributed by atoms with E-state index in [9.17, 15) is 9.59 Å². The summed E-state index contributed by atoms with van der Waals surface area (Å²) in [5.74, 6) is -0.160. The quantitative estimate of drug-likeness (QED) is 0.708. The van der Waals surface area contributed by atoms with Gasteiger partial charge in [-0.2, -0.15) is 10.2 Å². The topological polar surface area (TPSA) is 58.9 Å². The first-order chi connectivity index (χ1) is 9.25. The first kappa shape index (κ1) is 10.3. The van der Waals surface area contributed by atoms with Gasteiger partial charge in [-0.1, -0.05) is 24.3 Å². The molecule has 4 heteroatoms. The van der Waals surface area contributed by atoms with E-state index >= 15 is 0 Å². The van der Waals surface area contributed by atoms with E-state index in [1.165, 1.54) is 0 Å². The smallest absolute Gasteiger partial charge is 0.194 e. The number of hydrogen-bond donors (Lipinski definition) is 0. The number of ketones is 2. The number of Topliss-reactive ketones (excluding diaryl/α,β-unsaturated/α-hetero) is 2. The molecule has 0 spiro atoms. The molecule has 0 saturated heterocycles. The van der Waals surface area contributed by atoms with Crippen molar-refractivity contribution in [3.8, 4) is 0 Å². The first-order valence-electron chi connectivity index (χ1n) is 5.99. The number of carbonyl (C=O) groups excluding carboxylic acids is 2. The van der Waals surface area contributed by atoms with Gasteiger partial charge >= 0.3 is 0 Å². The van der Waals surface area contributed by atoms with Crippen molar-refractivity contribution in [2.75, 3.05) is 0 Å². The number of fused-ring (bicyclic) bond motifs is 2. The number of carbonyl (C=O) groups is 2. The molecule has 4 rings (SSSR count). The van der Waals surface area contributed by atoms with Crippen LogP contribution in [0.15, 0.2) is 69.2 Å². The van der Waals surface area contributed by atoms with Crippen LogP contribution >= 0.6 is 0 Å². The molecular formula is C15H8N2O2. The van der Waals surface area contributed by atoms with Crippen LogP contribution < -0.4 is 0 Å². The summed E-state index contributed by atoms with van der Waals surface area (Å²) in [6, 6.07) is 6.95. The zero-order chi connectivity index (χ0) is 13.0. The first-order valence-corrected chi connectivity index (χ1v) is 5.99. The normalized spacial score (nSPS) is 19.8. The average Bonchev–Trinajstić information content (AvgIpc) is 2.90. The van der Waals surface area contributed by atoms with Gasteiger partial charge in [0.15, 0.2) is 11.6 Å². The second-order valence-electron chi connectivity index (χ2n) is 4.67. The summed E-state index contributed by atoms with van der Waals surface area (Å²) in [7, 11) is 0. The van der Waals surface area contributed by atoms with Crippen LogP contribution in [0.3, 0.4) is 0 Å². The molecule has 0 fully saturated rings. The van der Waals surface area contributed by atoms with Crippen LogP contribution in [-0.4, -0.2) is 11.6 Å². The van der Waals surface area contributed by atoms with Crippen LogP contribution in [0.1, 0.15) is 27.1 Å². The van der Waals surface area contributed by atoms with E-state index in [0.717, 1.165) is 5.57 Å². The Morgan fingerprint density at radius 3 is 2.53 bits per heavy atom. The molecule has 19 heavy (non-hydrogen) atoms. The largest absolute Gasteiger partial charge is 0.289 e. The van der Waals surface area contributed by atoms with Gasteiger partial charge in [-0.05, 0) is 6.08 Å². The van der Waals surface area contributed by atoms with Crippen molar-refractivity contribution in [1.82, 2.24) is 0 Å². The van der Waals surface area contributed by atoms with Gasteiger partial charge in [0.1, 0.15) is 0 Å². The summed E-state index contributed by atoms with van der Waals surface area (Å²) >= 11 is 0. The van der Waals surface area contributed by atoms with Crippen molar-refractivity contribution >= 4 is 11.6 Å². The lowest BCUT2D eigenvalue weighted by atomic mass is 9.78. The van der Waals surface area contributed by atoms with Crippen LogP contribution in [0.5, 0.6) is 0 Å². The van der Waals surface area contributed by atoms with Gasteiger partial charge in [0.05, 0.1) is 11.9 Å². The van der Waals surface area contributed by atoms with Crippen molar-refractivity contribution in [2.45, 2.75) is 6.42 Å². The number of hydrogen-bond acceptors (Lipinski definition) is 4. The maximum absolute atomic E-state index is 12.5. The van der Waals surface area contributed by atoms with Crippen molar-refractivity contribution < 1.29 is 9.59 Å². The minimum Gasteiger partial charge on any atom is -0.289 e. The van der Waals surface area contributed by atoms with Gasteiger partial charge in [-0.3, -0.25) is 9.59 Å². The predicted molar refractivity (Wildman–Crippen MR) is 67.8 cm³/mol. The Morgan fingerprint density at radius 2 is 1.74 bits per heavy atom. The summed E-state index contributed by atoms with van der Waals surface area (Å²) in [4.78, 5) is 24.9. The third-order valence-corrected chi connectivity index (χ3v) is 3.62. The molecule has 0 unspecified atom stereocenters. The predicted octanol–water partition coefficient (Wildman–Crippen LogP) is 3.00. The Morgan fingerprint density at radius 1 is 1.00 bits per heavy atom. The van der Waals surface area contributed by atoms with E-state index < -0.39 is 0 Å². The van der Waals surface area contributed by atoms with Gasteiger partial charge < -0.3 is 0 Å². The van der Waals surface area contributed by atoms with E-state index in [2.05, 4.69) is 10.2 Å². The SMILES string of the molecule is O=C1C2=C(CC3=CN=NC3=C2)C(=O)c2ccccc21. The summed E-state index contributed by atoms with van der Waals surface area (Å²) in [6.45, 7) is 0. The molecule has 0 N–H and O–H groups in total. The third-order valence-electron chi connectivity index (χ3n) is 3.62. The highest BCUT2D eigenvalue weighted by Gasteiger charge is 2.34. The van der Waals surface area contributed by atoms with E-state index in [1.807, 2.05) is 0 Å². The fourth-order valence-electron chi connectivity index (χ4n) is 2.65. The standard InChI is InChI=1S/C15H8N2O2/c18-14-9-3-1-2-4-10(9)15(19)12-6-13-8(5-11(12)14)7-16-17-13/h1-4,6-7H,5H2. The van der Waals surface area contributed by atoms with Gasteiger partial charge in [0, 0.05) is 34.3 Å². The molecular weight excluding hydrogens is 240 g/mol. The van der Waals surface area contributed by atoms with E-state index in [-0.39, 0.29) is 11.6 Å². The molecule has 0 bridgehead atoms. The second-order valence-corrected chi connectivity index (χ2v) is 4.67. The number of allylic oxidation sites excluding steroid dienone is 4. The molecule has 0 radical (unpaired) electrons. The maximum Gasteiger partial charge on any atom is 0.194 e. The Kier molecular flexibility index (Phi) is 1.87. The molecule has 4 nitrogen and oxygen atoms in total. The Hall–Kier alpha value is -2.62. The van der Waals surface area contributed by atoms with Gasteiger partial charge in [0.25, 0.3) is 0 Å². The molecule has 1 aliphatic heterocycles. The highest BCUT2D eigenvalue weighted by atomic mass is 16.1. The Bertz CT molecular complexity index is 779. The van der Waals surface area contributed by atoms with Crippen molar-refractivity contribution in [3.05, 3.63) is 70.1 Å². The van der Waals surface area contributed by atoms with Gasteiger partial charge in [-0.15, -0.1) is 0 Å². The van der Waals surface area contributed by atoms with Gasteiger partial charge in [0.2, 0.25) is 0 Å². The lowest BCUT2D eigenvalue weighted by molar-refractivity contribution is 0.0975. The number of nitrogens with zero attached hydrogens (tertiary/aromatic N) is 2. The molecule has 0 atom stereocenters. The van der Waals surface area contributed by atoms with Crippen LogP contribution in [0, 0.1) is 0 Å². The molecule has 90 valence electrons. The lowest BCUT2D eigenvalue weighted by Crippen LogP contribution is -2.23. The molecule has 2 aliphatic carbocycles. The average molecular weight is 248 g/mol. The maximum atomic E-state index is 12.5. The van der Waals surface area contributed by atoms with Crippen LogP contribution in [0.2, 0.25) is 0 Å². The number of benzene rings is 1. The minimum atomic E-state index is -0.0983. The molecule has 3 aliphatic rings. The number of rotatable bonds is 0. The zero-order valence-electron chi connectivity index (χ0n) is 9.88. The minimum absolute atomic E-state index is 0.0618. The zero-order valence-corrected chi connectivity index (χ0v) is 9.88. The Balaban J connectivity index is 1.96. The Labute approximate surface area is 108 Å². The van der Waals surface area contributed by atoms with Crippen LogP contribution in [0.25, 0.3) is 0 Å². The van der Waals surface area contributed by atoms with E-state index in [0.29, 0.717) is 34.4 Å². The molecule has 1 aromatic carbocycles. The molecule has 1 heterocycles. The molecule has 1 aromatic rings. The lowest BCUT2D eigenvalue weighted by Gasteiger charge is -2.22. The number of azo groups is 1. The van der Waals surface area contributed by atoms with Crippen LogP contribution in [0.4, 0.5) is 0 Å². The van der Waals surface area contributed by atoms with Crippen molar-refractivity contribution in [3.63, 3.8) is 0 Å². The van der Waals surface area contributed by atoms with E-state index in [4.69, 9.17) is 0 Å². The fourth-order valence-corrected chi connectivity index (χ4v) is 2.65. The van der Waals surface area contributed by atoms with E-state index in [1.54, 1.807) is 36.5 Å². The van der Waals surface area contributed by atoms with Gasteiger partial charge in [-0.25, -0.2) is 0 Å². The van der Waals surface area contributed by atoms with Crippen molar-refractivity contribution in [2.24, 2.45) is 10.2 Å². The summed E-state index contributed by atoms with van der Waals surface area (Å²) in [5.41, 5.74) is 3.60.